The average Bonchev–Trinajstić information content (AvgIpc) is 2.87. The van der Waals surface area contributed by atoms with Crippen molar-refractivity contribution in [3.05, 3.63) is 65.4 Å². The Kier molecular flexibility index (Phi) is 6.45. The van der Waals surface area contributed by atoms with Crippen LogP contribution in [0.4, 0.5) is 11.4 Å². The predicted molar refractivity (Wildman–Crippen MR) is 131 cm³/mol. The minimum atomic E-state index is -0.471. The third-order valence-electron chi connectivity index (χ3n) is 6.57. The first-order valence-electron chi connectivity index (χ1n) is 11.9. The van der Waals surface area contributed by atoms with Gasteiger partial charge in [0.1, 0.15) is 0 Å². The first-order chi connectivity index (χ1) is 16.6. The van der Waals surface area contributed by atoms with Gasteiger partial charge in [-0.2, -0.15) is 0 Å². The van der Waals surface area contributed by atoms with E-state index in [1.54, 1.807) is 0 Å². The molecule has 0 spiro atoms. The fraction of sp³-hybridized carbons (Fsp3) is 0.370. The Bertz CT molecular complexity index is 1200. The van der Waals surface area contributed by atoms with Crippen LogP contribution in [-0.2, 0) is 27.1 Å². The van der Waals surface area contributed by atoms with Crippen molar-refractivity contribution in [2.45, 2.75) is 26.2 Å². The van der Waals surface area contributed by atoms with Crippen molar-refractivity contribution in [1.82, 2.24) is 4.98 Å². The number of rotatable bonds is 5. The van der Waals surface area contributed by atoms with E-state index in [4.69, 9.17) is 14.5 Å². The number of carbonyl (C=O) groups is 2. The van der Waals surface area contributed by atoms with Crippen LogP contribution in [0, 0.1) is 5.92 Å². The molecule has 1 N–H and O–H groups in total. The third-order valence-corrected chi connectivity index (χ3v) is 6.57. The Morgan fingerprint density at radius 1 is 1.12 bits per heavy atom. The molecule has 0 saturated carbocycles. The number of morpholine rings is 1. The van der Waals surface area contributed by atoms with Gasteiger partial charge in [-0.25, -0.2) is 4.79 Å². The summed E-state index contributed by atoms with van der Waals surface area (Å²) in [4.78, 5) is 32.7. The quantitative estimate of drug-likeness (QED) is 0.581. The van der Waals surface area contributed by atoms with E-state index >= 15 is 0 Å². The number of aryl methyl sites for hydroxylation is 1. The van der Waals surface area contributed by atoms with Gasteiger partial charge in [-0.1, -0.05) is 25.1 Å². The molecule has 2 heterocycles. The summed E-state index contributed by atoms with van der Waals surface area (Å²) in [6.07, 6.45) is 2.70. The van der Waals surface area contributed by atoms with Crippen LogP contribution in [0.5, 0.6) is 0 Å². The van der Waals surface area contributed by atoms with E-state index in [1.165, 1.54) is 0 Å². The van der Waals surface area contributed by atoms with Crippen molar-refractivity contribution < 1.29 is 19.1 Å². The number of ether oxygens (including phenoxy) is 2. The van der Waals surface area contributed by atoms with Gasteiger partial charge in [0.25, 0.3) is 5.91 Å². The molecular formula is C27H29N3O4. The Balaban J connectivity index is 1.26. The molecule has 2 aromatic carbocycles. The smallest absolute Gasteiger partial charge is 0.339 e. The molecule has 0 radical (unpaired) electrons. The lowest BCUT2D eigenvalue weighted by atomic mass is 9.84. The normalized spacial score (nSPS) is 17.8. The molecule has 34 heavy (non-hydrogen) atoms. The topological polar surface area (TPSA) is 80.8 Å². The standard InChI is InChI=1S/C27H29N3O4/c1-18-6-11-24-22(16-18)26(21-4-2-3-5-23(21)29-24)27(32)34-17-25(31)28-19-7-9-20(10-8-19)30-12-14-33-15-13-30/h2-5,7-10,18H,6,11-17H2,1H3,(H,28,31). The average molecular weight is 460 g/mol. The van der Waals surface area contributed by atoms with Crippen LogP contribution in [0.3, 0.4) is 0 Å². The fourth-order valence-corrected chi connectivity index (χ4v) is 4.77. The molecule has 1 aliphatic heterocycles. The fourth-order valence-electron chi connectivity index (χ4n) is 4.77. The number of amides is 1. The van der Waals surface area contributed by atoms with Crippen molar-refractivity contribution in [3.63, 3.8) is 0 Å². The summed E-state index contributed by atoms with van der Waals surface area (Å²) in [6.45, 7) is 5.00. The van der Waals surface area contributed by atoms with Gasteiger partial charge in [-0.05, 0) is 61.1 Å². The zero-order valence-electron chi connectivity index (χ0n) is 19.4. The molecule has 1 unspecified atom stereocenters. The maximum atomic E-state index is 13.2. The summed E-state index contributed by atoms with van der Waals surface area (Å²) in [5.41, 5.74) is 5.02. The Labute approximate surface area is 199 Å². The van der Waals surface area contributed by atoms with Crippen LogP contribution in [0.15, 0.2) is 48.5 Å². The summed E-state index contributed by atoms with van der Waals surface area (Å²) in [5.74, 6) is -0.361. The second kappa shape index (κ2) is 9.81. The number of benzene rings is 2. The highest BCUT2D eigenvalue weighted by Crippen LogP contribution is 2.32. The number of hydrogen-bond acceptors (Lipinski definition) is 6. The van der Waals surface area contributed by atoms with Crippen LogP contribution >= 0.6 is 0 Å². The maximum absolute atomic E-state index is 13.2. The zero-order chi connectivity index (χ0) is 23.5. The van der Waals surface area contributed by atoms with Crippen LogP contribution in [0.1, 0.15) is 35.0 Å². The number of anilines is 2. The Morgan fingerprint density at radius 3 is 2.68 bits per heavy atom. The van der Waals surface area contributed by atoms with Gasteiger partial charge < -0.3 is 19.7 Å². The molecule has 2 aliphatic rings. The summed E-state index contributed by atoms with van der Waals surface area (Å²) in [5, 5.41) is 3.59. The van der Waals surface area contributed by atoms with E-state index in [0.717, 1.165) is 73.4 Å². The monoisotopic (exact) mass is 459 g/mol. The van der Waals surface area contributed by atoms with Gasteiger partial charge in [0.05, 0.1) is 24.3 Å². The van der Waals surface area contributed by atoms with Gasteiger partial charge in [0.2, 0.25) is 0 Å². The summed E-state index contributed by atoms with van der Waals surface area (Å²) in [6, 6.07) is 15.3. The molecule has 1 fully saturated rings. The van der Waals surface area contributed by atoms with Crippen LogP contribution in [-0.4, -0.2) is 49.8 Å². The number of nitrogens with one attached hydrogen (secondary N) is 1. The molecule has 3 aromatic rings. The Morgan fingerprint density at radius 2 is 1.88 bits per heavy atom. The SMILES string of the molecule is CC1CCc2nc3ccccc3c(C(=O)OCC(=O)Nc3ccc(N4CCOCC4)cc3)c2C1. The lowest BCUT2D eigenvalue weighted by molar-refractivity contribution is -0.119. The molecular weight excluding hydrogens is 430 g/mol. The minimum absolute atomic E-state index is 0.342. The molecule has 1 aliphatic carbocycles. The van der Waals surface area contributed by atoms with Gasteiger partial charge in [-0.15, -0.1) is 0 Å². The molecule has 1 amide bonds. The summed E-state index contributed by atoms with van der Waals surface area (Å²) < 4.78 is 10.9. The highest BCUT2D eigenvalue weighted by molar-refractivity contribution is 6.06. The molecule has 7 heteroatoms. The molecule has 1 atom stereocenters. The Hall–Kier alpha value is -3.45. The van der Waals surface area contributed by atoms with Crippen molar-refractivity contribution >= 4 is 34.2 Å². The molecule has 1 saturated heterocycles. The highest BCUT2D eigenvalue weighted by Gasteiger charge is 2.26. The molecule has 7 nitrogen and oxygen atoms in total. The highest BCUT2D eigenvalue weighted by atomic mass is 16.5. The van der Waals surface area contributed by atoms with E-state index in [-0.39, 0.29) is 12.5 Å². The largest absolute Gasteiger partial charge is 0.452 e. The van der Waals surface area contributed by atoms with Crippen LogP contribution in [0.25, 0.3) is 10.9 Å². The molecule has 1 aromatic heterocycles. The first kappa shape index (κ1) is 22.3. The van der Waals surface area contributed by atoms with E-state index in [9.17, 15) is 9.59 Å². The maximum Gasteiger partial charge on any atom is 0.339 e. The number of hydrogen-bond donors (Lipinski definition) is 1. The second-order valence-corrected chi connectivity index (χ2v) is 9.05. The van der Waals surface area contributed by atoms with E-state index in [1.807, 2.05) is 48.5 Å². The van der Waals surface area contributed by atoms with Gasteiger partial charge >= 0.3 is 5.97 Å². The van der Waals surface area contributed by atoms with Gasteiger partial charge in [-0.3, -0.25) is 9.78 Å². The van der Waals surface area contributed by atoms with Gasteiger partial charge in [0, 0.05) is 35.5 Å². The second-order valence-electron chi connectivity index (χ2n) is 9.05. The number of carbonyl (C=O) groups excluding carboxylic acids is 2. The van der Waals surface area contributed by atoms with E-state index in [0.29, 0.717) is 17.2 Å². The third kappa shape index (κ3) is 4.75. The van der Waals surface area contributed by atoms with E-state index < -0.39 is 5.97 Å². The predicted octanol–water partition coefficient (Wildman–Crippen LogP) is 3.99. The number of aromatic nitrogens is 1. The molecule has 0 bridgehead atoms. The summed E-state index contributed by atoms with van der Waals surface area (Å²) >= 11 is 0. The lowest BCUT2D eigenvalue weighted by Gasteiger charge is -2.28. The van der Waals surface area contributed by atoms with Crippen molar-refractivity contribution in [2.75, 3.05) is 43.1 Å². The summed E-state index contributed by atoms with van der Waals surface area (Å²) in [7, 11) is 0. The van der Waals surface area contributed by atoms with E-state index in [2.05, 4.69) is 17.1 Å². The molecule has 5 rings (SSSR count). The number of fused-ring (bicyclic) bond motifs is 2. The first-order valence-corrected chi connectivity index (χ1v) is 11.9. The van der Waals surface area contributed by atoms with Gasteiger partial charge in [0.15, 0.2) is 6.61 Å². The molecule has 176 valence electrons. The van der Waals surface area contributed by atoms with Crippen molar-refractivity contribution in [2.24, 2.45) is 5.92 Å². The number of para-hydroxylation sites is 1. The number of esters is 1. The zero-order valence-corrected chi connectivity index (χ0v) is 19.4. The number of nitrogens with zero attached hydrogens (tertiary/aromatic N) is 2. The van der Waals surface area contributed by atoms with Crippen molar-refractivity contribution in [1.29, 1.82) is 0 Å². The van der Waals surface area contributed by atoms with Crippen LogP contribution < -0.4 is 10.2 Å². The lowest BCUT2D eigenvalue weighted by Crippen LogP contribution is -2.36. The van der Waals surface area contributed by atoms with Crippen LogP contribution in [0.2, 0.25) is 0 Å². The minimum Gasteiger partial charge on any atom is -0.452 e. The number of pyridine rings is 1. The van der Waals surface area contributed by atoms with Crippen molar-refractivity contribution in [3.8, 4) is 0 Å².